The number of unbranched alkanes of at least 4 members (excludes halogenated alkanes) is 1. The molecule has 7 heteroatoms. The summed E-state index contributed by atoms with van der Waals surface area (Å²) in [4.78, 5) is 11.8. The van der Waals surface area contributed by atoms with Crippen LogP contribution in [0.4, 0.5) is 11.4 Å². The molecule has 0 aliphatic rings. The Bertz CT molecular complexity index is 588. The van der Waals surface area contributed by atoms with Gasteiger partial charge in [0.15, 0.2) is 0 Å². The van der Waals surface area contributed by atoms with Crippen LogP contribution in [0.5, 0.6) is 0 Å². The summed E-state index contributed by atoms with van der Waals surface area (Å²) in [5, 5.41) is 3.01. The minimum atomic E-state index is -3.05. The molecule has 1 aromatic rings. The fraction of sp³-hybridized carbons (Fsp3) is 0.500. The second-order valence-electron chi connectivity index (χ2n) is 4.90. The molecule has 0 saturated carbocycles. The summed E-state index contributed by atoms with van der Waals surface area (Å²) in [6.45, 7) is 1.94. The number of sulfone groups is 1. The average molecular weight is 333 g/mol. The predicted molar refractivity (Wildman–Crippen MR) is 87.3 cm³/mol. The van der Waals surface area contributed by atoms with Gasteiger partial charge in [0.2, 0.25) is 5.91 Å². The van der Waals surface area contributed by atoms with Crippen molar-refractivity contribution in [1.82, 2.24) is 0 Å². The van der Waals surface area contributed by atoms with Crippen molar-refractivity contribution in [2.24, 2.45) is 0 Å². The molecule has 3 N–H and O–H groups in total. The van der Waals surface area contributed by atoms with Gasteiger partial charge in [0.1, 0.15) is 9.84 Å². The summed E-state index contributed by atoms with van der Waals surface area (Å²) in [6.07, 6.45) is 1.96. The summed E-state index contributed by atoms with van der Waals surface area (Å²) >= 11 is 5.95. The fourth-order valence-corrected chi connectivity index (χ4v) is 3.52. The van der Waals surface area contributed by atoms with Crippen LogP contribution in [-0.4, -0.2) is 25.8 Å². The Morgan fingerprint density at radius 1 is 1.29 bits per heavy atom. The van der Waals surface area contributed by atoms with E-state index in [1.807, 2.05) is 6.92 Å². The molecule has 0 atom stereocenters. The van der Waals surface area contributed by atoms with Gasteiger partial charge in [0.05, 0.1) is 22.2 Å². The lowest BCUT2D eigenvalue weighted by Gasteiger charge is -2.08. The van der Waals surface area contributed by atoms with Crippen molar-refractivity contribution in [1.29, 1.82) is 0 Å². The molecule has 0 bridgehead atoms. The van der Waals surface area contributed by atoms with Gasteiger partial charge in [-0.05, 0) is 31.0 Å². The molecule has 1 aromatic carbocycles. The van der Waals surface area contributed by atoms with Gasteiger partial charge in [-0.15, -0.1) is 0 Å². The van der Waals surface area contributed by atoms with E-state index in [4.69, 9.17) is 17.3 Å². The van der Waals surface area contributed by atoms with Crippen LogP contribution < -0.4 is 11.1 Å². The highest BCUT2D eigenvalue weighted by atomic mass is 35.5. The third kappa shape index (κ3) is 6.82. The van der Waals surface area contributed by atoms with Crippen LogP contribution in [0.1, 0.15) is 32.6 Å². The van der Waals surface area contributed by atoms with E-state index in [2.05, 4.69) is 5.32 Å². The van der Waals surface area contributed by atoms with Crippen molar-refractivity contribution in [2.75, 3.05) is 22.6 Å². The zero-order valence-electron chi connectivity index (χ0n) is 12.1. The first-order valence-electron chi connectivity index (χ1n) is 6.89. The number of anilines is 2. The highest BCUT2D eigenvalue weighted by Gasteiger charge is 2.12. The van der Waals surface area contributed by atoms with Gasteiger partial charge in [-0.1, -0.05) is 24.9 Å². The lowest BCUT2D eigenvalue weighted by atomic mass is 10.2. The van der Waals surface area contributed by atoms with Crippen LogP contribution in [-0.2, 0) is 14.6 Å². The Morgan fingerprint density at radius 2 is 1.95 bits per heavy atom. The molecule has 0 heterocycles. The molecule has 0 radical (unpaired) electrons. The molecule has 0 aromatic heterocycles. The number of amides is 1. The van der Waals surface area contributed by atoms with Crippen molar-refractivity contribution in [2.45, 2.75) is 32.6 Å². The van der Waals surface area contributed by atoms with Crippen LogP contribution in [0.3, 0.4) is 0 Å². The molecule has 5 nitrogen and oxygen atoms in total. The molecule has 0 fully saturated rings. The van der Waals surface area contributed by atoms with Gasteiger partial charge >= 0.3 is 0 Å². The Balaban J connectivity index is 2.41. The van der Waals surface area contributed by atoms with Crippen molar-refractivity contribution in [3.8, 4) is 0 Å². The first-order chi connectivity index (χ1) is 9.84. The Hall–Kier alpha value is -1.27. The van der Waals surface area contributed by atoms with Gasteiger partial charge < -0.3 is 11.1 Å². The van der Waals surface area contributed by atoms with E-state index >= 15 is 0 Å². The number of carbonyl (C=O) groups is 1. The van der Waals surface area contributed by atoms with Gasteiger partial charge in [-0.2, -0.15) is 0 Å². The van der Waals surface area contributed by atoms with Crippen LogP contribution in [0.25, 0.3) is 0 Å². The van der Waals surface area contributed by atoms with Crippen molar-refractivity contribution >= 4 is 38.7 Å². The molecular weight excluding hydrogens is 312 g/mol. The quantitative estimate of drug-likeness (QED) is 0.716. The maximum Gasteiger partial charge on any atom is 0.224 e. The Morgan fingerprint density at radius 3 is 2.57 bits per heavy atom. The summed E-state index contributed by atoms with van der Waals surface area (Å²) < 4.78 is 23.3. The fourth-order valence-electron chi connectivity index (χ4n) is 1.76. The van der Waals surface area contributed by atoms with E-state index in [1.165, 1.54) is 0 Å². The van der Waals surface area contributed by atoms with Gasteiger partial charge in [-0.25, -0.2) is 8.42 Å². The molecule has 1 rings (SSSR count). The van der Waals surface area contributed by atoms with Crippen LogP contribution >= 0.6 is 11.6 Å². The molecule has 0 aliphatic carbocycles. The highest BCUT2D eigenvalue weighted by Crippen LogP contribution is 2.24. The van der Waals surface area contributed by atoms with E-state index in [-0.39, 0.29) is 23.8 Å². The van der Waals surface area contributed by atoms with E-state index in [1.54, 1.807) is 18.2 Å². The van der Waals surface area contributed by atoms with E-state index in [0.717, 1.165) is 6.42 Å². The normalized spacial score (nSPS) is 11.3. The topological polar surface area (TPSA) is 89.3 Å². The zero-order valence-corrected chi connectivity index (χ0v) is 13.6. The second-order valence-corrected chi connectivity index (χ2v) is 7.61. The predicted octanol–water partition coefficient (Wildman–Crippen LogP) is 2.86. The smallest absolute Gasteiger partial charge is 0.224 e. The maximum absolute atomic E-state index is 11.8. The van der Waals surface area contributed by atoms with Crippen molar-refractivity contribution in [3.05, 3.63) is 23.2 Å². The maximum atomic E-state index is 11.8. The summed E-state index contributed by atoms with van der Waals surface area (Å²) in [7, 11) is -3.05. The average Bonchev–Trinajstić information content (AvgIpc) is 2.39. The number of benzene rings is 1. The second kappa shape index (κ2) is 8.24. The van der Waals surface area contributed by atoms with Gasteiger partial charge in [0, 0.05) is 12.1 Å². The van der Waals surface area contributed by atoms with Crippen LogP contribution in [0, 0.1) is 0 Å². The summed E-state index contributed by atoms with van der Waals surface area (Å²) in [6, 6.07) is 4.80. The number of carbonyl (C=O) groups excluding carboxylic acids is 1. The molecule has 0 spiro atoms. The monoisotopic (exact) mass is 332 g/mol. The lowest BCUT2D eigenvalue weighted by Crippen LogP contribution is -2.16. The molecule has 0 unspecified atom stereocenters. The zero-order chi connectivity index (χ0) is 15.9. The third-order valence-electron chi connectivity index (χ3n) is 2.94. The van der Waals surface area contributed by atoms with Crippen molar-refractivity contribution in [3.63, 3.8) is 0 Å². The number of hydrogen-bond acceptors (Lipinski definition) is 4. The van der Waals surface area contributed by atoms with Crippen molar-refractivity contribution < 1.29 is 13.2 Å². The molecule has 0 aliphatic heterocycles. The van der Waals surface area contributed by atoms with Gasteiger partial charge in [-0.3, -0.25) is 4.79 Å². The van der Waals surface area contributed by atoms with E-state index in [9.17, 15) is 13.2 Å². The highest BCUT2D eigenvalue weighted by molar-refractivity contribution is 7.91. The Kier molecular flexibility index (Phi) is 6.98. The molecule has 0 saturated heterocycles. The third-order valence-corrected chi connectivity index (χ3v) is 5.07. The standard InChI is InChI=1S/C14H21ClN2O3S/c1-2-3-8-21(19,20)9-4-5-14(18)17-13-7-6-11(16)10-12(13)15/h6-7,10H,2-5,8-9,16H2,1H3,(H,17,18). The summed E-state index contributed by atoms with van der Waals surface area (Å²) in [5.74, 6) is -0.0301. The summed E-state index contributed by atoms with van der Waals surface area (Å²) in [5.41, 5.74) is 6.55. The number of nitrogens with two attached hydrogens (primary N) is 1. The largest absolute Gasteiger partial charge is 0.399 e. The van der Waals surface area contributed by atoms with Crippen LogP contribution in [0.2, 0.25) is 5.02 Å². The minimum absolute atomic E-state index is 0.0376. The van der Waals surface area contributed by atoms with Gasteiger partial charge in [0.25, 0.3) is 0 Å². The van der Waals surface area contributed by atoms with Crippen LogP contribution in [0.15, 0.2) is 18.2 Å². The number of rotatable bonds is 8. The number of hydrogen-bond donors (Lipinski definition) is 2. The molecule has 1 amide bonds. The Labute approximate surface area is 130 Å². The van der Waals surface area contributed by atoms with E-state index in [0.29, 0.717) is 29.2 Å². The molecule has 21 heavy (non-hydrogen) atoms. The van der Waals surface area contributed by atoms with E-state index < -0.39 is 9.84 Å². The first-order valence-corrected chi connectivity index (χ1v) is 9.09. The number of halogens is 1. The molecule has 118 valence electrons. The first kappa shape index (κ1) is 17.8. The SMILES string of the molecule is CCCCS(=O)(=O)CCCC(=O)Nc1ccc(N)cc1Cl. The minimum Gasteiger partial charge on any atom is -0.399 e. The lowest BCUT2D eigenvalue weighted by molar-refractivity contribution is -0.116. The number of nitrogen functional groups attached to an aromatic ring is 1. The molecular formula is C14H21ClN2O3S. The number of nitrogens with one attached hydrogen (secondary N) is 1.